The van der Waals surface area contributed by atoms with Gasteiger partial charge in [-0.1, -0.05) is 23.7 Å². The molecule has 0 bridgehead atoms. The third-order valence-electron chi connectivity index (χ3n) is 6.89. The molecule has 3 heterocycles. The number of halogens is 1. The van der Waals surface area contributed by atoms with E-state index in [0.29, 0.717) is 35.7 Å². The molecule has 9 heteroatoms. The highest BCUT2D eigenvalue weighted by molar-refractivity contribution is 6.31. The molecule has 33 heavy (non-hydrogen) atoms. The average molecular weight is 470 g/mol. The van der Waals surface area contributed by atoms with Gasteiger partial charge in [0.1, 0.15) is 11.3 Å². The number of benzene rings is 2. The minimum atomic E-state index is -1.38. The van der Waals surface area contributed by atoms with Crippen molar-refractivity contribution in [3.63, 3.8) is 0 Å². The number of amides is 3. The lowest BCUT2D eigenvalue weighted by Crippen LogP contribution is -2.53. The Bertz CT molecular complexity index is 1140. The fraction of sp³-hybridized carbons (Fsp3) is 0.375. The first-order chi connectivity index (χ1) is 15.9. The maximum Gasteiger partial charge on any atom is 0.250 e. The van der Waals surface area contributed by atoms with Crippen LogP contribution in [0.1, 0.15) is 17.5 Å². The Morgan fingerprint density at radius 1 is 1.12 bits per heavy atom. The molecule has 2 saturated heterocycles. The van der Waals surface area contributed by atoms with E-state index in [1.54, 1.807) is 49.6 Å². The fourth-order valence-electron chi connectivity index (χ4n) is 5.48. The summed E-state index contributed by atoms with van der Waals surface area (Å²) in [5.41, 5.74) is 0.668. The number of rotatable bonds is 6. The van der Waals surface area contributed by atoms with Crippen molar-refractivity contribution in [3.8, 4) is 5.75 Å². The van der Waals surface area contributed by atoms with Crippen molar-refractivity contribution in [1.82, 2.24) is 10.2 Å². The number of nitrogens with zero attached hydrogens (tertiary/aromatic N) is 1. The number of phenols is 1. The number of nitrogens with one attached hydrogen (secondary N) is 2. The number of methoxy groups -OCH3 is 1. The van der Waals surface area contributed by atoms with Crippen LogP contribution in [0.3, 0.4) is 0 Å². The molecule has 0 unspecified atom stereocenters. The molecule has 3 aliphatic heterocycles. The first-order valence-electron chi connectivity index (χ1n) is 10.9. The Morgan fingerprint density at radius 2 is 1.88 bits per heavy atom. The molecule has 0 aromatic heterocycles. The van der Waals surface area contributed by atoms with Crippen molar-refractivity contribution in [2.75, 3.05) is 25.6 Å². The Labute approximate surface area is 195 Å². The van der Waals surface area contributed by atoms with Crippen LogP contribution in [-0.4, -0.2) is 54.0 Å². The highest BCUT2D eigenvalue weighted by Crippen LogP contribution is 2.53. The molecule has 0 aliphatic carbocycles. The molecule has 172 valence electrons. The monoisotopic (exact) mass is 469 g/mol. The standard InChI is InChI=1S/C24H24ClN3O5/c1-33-10-2-9-28-21(30)19-18(11-13-3-6-15(29)7-4-13)27-24(20(19)22(28)31)16-12-14(25)5-8-17(16)26-23(24)32/h3-8,12,18-20,27,29H,2,9-11H2,1H3,(H,26,32)/t18-,19+,20-,24+/m0/s1. The maximum absolute atomic E-state index is 13.6. The molecule has 3 amide bonds. The largest absolute Gasteiger partial charge is 0.508 e. The highest BCUT2D eigenvalue weighted by Gasteiger charge is 2.70. The second-order valence-corrected chi connectivity index (χ2v) is 9.19. The van der Waals surface area contributed by atoms with Gasteiger partial charge in [0.2, 0.25) is 17.7 Å². The van der Waals surface area contributed by atoms with Gasteiger partial charge in [-0.3, -0.25) is 24.6 Å². The van der Waals surface area contributed by atoms with Crippen LogP contribution in [0.15, 0.2) is 42.5 Å². The normalized spacial score (nSPS) is 27.9. The van der Waals surface area contributed by atoms with E-state index >= 15 is 0 Å². The molecule has 1 spiro atoms. The summed E-state index contributed by atoms with van der Waals surface area (Å²) in [7, 11) is 1.57. The van der Waals surface area contributed by atoms with E-state index < -0.39 is 23.4 Å². The predicted octanol–water partition coefficient (Wildman–Crippen LogP) is 2.05. The highest BCUT2D eigenvalue weighted by atomic mass is 35.5. The number of ether oxygens (including phenoxy) is 1. The van der Waals surface area contributed by atoms with Gasteiger partial charge in [0.05, 0.1) is 11.8 Å². The first-order valence-corrected chi connectivity index (χ1v) is 11.3. The first kappa shape index (κ1) is 21.9. The van der Waals surface area contributed by atoms with Gasteiger partial charge >= 0.3 is 0 Å². The maximum atomic E-state index is 13.6. The number of likely N-dealkylation sites (tertiary alicyclic amines) is 1. The van der Waals surface area contributed by atoms with Crippen LogP contribution in [0.5, 0.6) is 5.75 Å². The fourth-order valence-corrected chi connectivity index (χ4v) is 5.65. The molecule has 8 nitrogen and oxygen atoms in total. The summed E-state index contributed by atoms with van der Waals surface area (Å²) >= 11 is 6.27. The molecule has 5 rings (SSSR count). The lowest BCUT2D eigenvalue weighted by Gasteiger charge is -2.29. The minimum absolute atomic E-state index is 0.141. The van der Waals surface area contributed by atoms with Crippen molar-refractivity contribution in [3.05, 3.63) is 58.6 Å². The molecule has 4 atom stereocenters. The van der Waals surface area contributed by atoms with Crippen molar-refractivity contribution >= 4 is 35.0 Å². The van der Waals surface area contributed by atoms with Gasteiger partial charge in [-0.05, 0) is 48.7 Å². The van der Waals surface area contributed by atoms with Crippen LogP contribution in [0.4, 0.5) is 5.69 Å². The van der Waals surface area contributed by atoms with E-state index in [2.05, 4.69) is 10.6 Å². The smallest absolute Gasteiger partial charge is 0.250 e. The Morgan fingerprint density at radius 3 is 2.61 bits per heavy atom. The third kappa shape index (κ3) is 3.32. The van der Waals surface area contributed by atoms with Gasteiger partial charge in [-0.2, -0.15) is 0 Å². The molecule has 2 aromatic carbocycles. The van der Waals surface area contributed by atoms with Crippen molar-refractivity contribution in [2.45, 2.75) is 24.4 Å². The number of anilines is 1. The van der Waals surface area contributed by atoms with Crippen LogP contribution in [0, 0.1) is 11.8 Å². The molecule has 0 radical (unpaired) electrons. The van der Waals surface area contributed by atoms with Crippen molar-refractivity contribution in [2.24, 2.45) is 11.8 Å². The molecular weight excluding hydrogens is 446 g/mol. The average Bonchev–Trinajstić information content (AvgIpc) is 3.36. The zero-order valence-corrected chi connectivity index (χ0v) is 18.8. The van der Waals surface area contributed by atoms with Crippen molar-refractivity contribution in [1.29, 1.82) is 0 Å². The lowest BCUT2D eigenvalue weighted by molar-refractivity contribution is -0.143. The summed E-state index contributed by atoms with van der Waals surface area (Å²) in [5.74, 6) is -2.44. The summed E-state index contributed by atoms with van der Waals surface area (Å²) in [6.45, 7) is 0.663. The summed E-state index contributed by atoms with van der Waals surface area (Å²) in [4.78, 5) is 41.8. The van der Waals surface area contributed by atoms with E-state index in [9.17, 15) is 19.5 Å². The van der Waals surface area contributed by atoms with Crippen molar-refractivity contribution < 1.29 is 24.2 Å². The van der Waals surface area contributed by atoms with Gasteiger partial charge in [0.15, 0.2) is 0 Å². The summed E-state index contributed by atoms with van der Waals surface area (Å²) in [6, 6.07) is 11.3. The molecule has 0 saturated carbocycles. The number of fused-ring (bicyclic) bond motifs is 4. The zero-order chi connectivity index (χ0) is 23.3. The number of aromatic hydroxyl groups is 1. The van der Waals surface area contributed by atoms with Crippen LogP contribution in [-0.2, 0) is 31.1 Å². The molecule has 2 fully saturated rings. The topological polar surface area (TPSA) is 108 Å². The molecule has 3 aliphatic rings. The second kappa shape index (κ2) is 8.13. The number of carbonyl (C=O) groups excluding carboxylic acids is 3. The molecule has 3 N–H and O–H groups in total. The quantitative estimate of drug-likeness (QED) is 0.441. The lowest BCUT2D eigenvalue weighted by atomic mass is 9.76. The summed E-state index contributed by atoms with van der Waals surface area (Å²) in [5, 5.41) is 16.3. The van der Waals surface area contributed by atoms with E-state index in [0.717, 1.165) is 5.56 Å². The van der Waals surface area contributed by atoms with Gasteiger partial charge in [-0.15, -0.1) is 0 Å². The van der Waals surface area contributed by atoms with Gasteiger partial charge in [-0.25, -0.2) is 0 Å². The van der Waals surface area contributed by atoms with Gasteiger partial charge < -0.3 is 15.2 Å². The number of hydrogen-bond acceptors (Lipinski definition) is 6. The number of imide groups is 1. The predicted molar refractivity (Wildman–Crippen MR) is 121 cm³/mol. The number of carbonyl (C=O) groups is 3. The minimum Gasteiger partial charge on any atom is -0.508 e. The number of hydrogen-bond donors (Lipinski definition) is 3. The second-order valence-electron chi connectivity index (χ2n) is 8.75. The van der Waals surface area contributed by atoms with E-state index in [-0.39, 0.29) is 30.0 Å². The van der Waals surface area contributed by atoms with Crippen LogP contribution >= 0.6 is 11.6 Å². The Hall–Kier alpha value is -2.94. The zero-order valence-electron chi connectivity index (χ0n) is 18.0. The molecule has 2 aromatic rings. The van der Waals surface area contributed by atoms with Gasteiger partial charge in [0.25, 0.3) is 0 Å². The summed E-state index contributed by atoms with van der Waals surface area (Å²) < 4.78 is 5.09. The van der Waals surface area contributed by atoms with Gasteiger partial charge in [0, 0.05) is 42.6 Å². The van der Waals surface area contributed by atoms with Crippen LogP contribution in [0.25, 0.3) is 0 Å². The Balaban J connectivity index is 1.58. The van der Waals surface area contributed by atoms with E-state index in [1.165, 1.54) is 4.90 Å². The SMILES string of the molecule is COCCCN1C(=O)[C@@H]2[C@H](Cc3ccc(O)cc3)N[C@@]3(C(=O)Nc4ccc(Cl)cc43)[C@@H]2C1=O. The summed E-state index contributed by atoms with van der Waals surface area (Å²) in [6.07, 6.45) is 0.933. The molecular formula is C24H24ClN3O5. The van der Waals surface area contributed by atoms with E-state index in [4.69, 9.17) is 16.3 Å². The third-order valence-corrected chi connectivity index (χ3v) is 7.13. The van der Waals surface area contributed by atoms with Crippen LogP contribution < -0.4 is 10.6 Å². The number of phenolic OH excluding ortho intramolecular Hbond substituents is 1. The van der Waals surface area contributed by atoms with E-state index in [1.807, 2.05) is 0 Å². The van der Waals surface area contributed by atoms with Crippen LogP contribution in [0.2, 0.25) is 5.02 Å². The Kier molecular flexibility index (Phi) is 5.39.